The van der Waals surface area contributed by atoms with Crippen molar-refractivity contribution in [1.82, 2.24) is 15.1 Å². The van der Waals surface area contributed by atoms with Gasteiger partial charge in [0.25, 0.3) is 5.91 Å². The van der Waals surface area contributed by atoms with Crippen molar-refractivity contribution in [3.8, 4) is 0 Å². The average Bonchev–Trinajstić information content (AvgIpc) is 3.22. The van der Waals surface area contributed by atoms with Gasteiger partial charge in [-0.15, -0.1) is 0 Å². The molecule has 2 aliphatic rings. The number of piperazine rings is 1. The summed E-state index contributed by atoms with van der Waals surface area (Å²) in [6.45, 7) is 5.79. The molecule has 0 spiro atoms. The number of rotatable bonds is 4. The highest BCUT2D eigenvalue weighted by atomic mass is 19.1. The monoisotopic (exact) mass is 380 g/mol. The fourth-order valence-electron chi connectivity index (χ4n) is 3.37. The van der Waals surface area contributed by atoms with Gasteiger partial charge >= 0.3 is 0 Å². The number of carbonyl (C=O) groups excluding carboxylic acids is 1. The number of halogens is 2. The number of benzene rings is 1. The summed E-state index contributed by atoms with van der Waals surface area (Å²) in [5.41, 5.74) is 0.220. The van der Waals surface area contributed by atoms with E-state index in [9.17, 15) is 13.6 Å². The quantitative estimate of drug-likeness (QED) is 0.639. The minimum Gasteiger partial charge on any atom is -0.368 e. The lowest BCUT2D eigenvalue weighted by atomic mass is 10.2. The summed E-state index contributed by atoms with van der Waals surface area (Å²) in [6.07, 6.45) is 1.43. The molecule has 8 heteroatoms. The first-order valence-electron chi connectivity index (χ1n) is 9.46. The van der Waals surface area contributed by atoms with E-state index in [4.69, 9.17) is 4.74 Å². The van der Waals surface area contributed by atoms with Crippen molar-refractivity contribution < 1.29 is 18.3 Å². The topological polar surface area (TPSA) is 57.2 Å². The third kappa shape index (κ3) is 4.94. The second-order valence-electron chi connectivity index (χ2n) is 6.72. The number of carbonyl (C=O) groups is 1. The molecule has 1 aromatic carbocycles. The lowest BCUT2D eigenvalue weighted by Crippen LogP contribution is -2.55. The molecule has 2 heterocycles. The molecule has 0 aliphatic carbocycles. The van der Waals surface area contributed by atoms with E-state index in [2.05, 4.69) is 10.3 Å². The summed E-state index contributed by atoms with van der Waals surface area (Å²) in [6, 6.07) is 3.38. The normalized spacial score (nSPS) is 20.9. The van der Waals surface area contributed by atoms with Crippen LogP contribution in [-0.2, 0) is 16.1 Å². The van der Waals surface area contributed by atoms with Crippen LogP contribution in [0.5, 0.6) is 0 Å². The van der Waals surface area contributed by atoms with Gasteiger partial charge in [-0.1, -0.05) is 0 Å². The predicted octanol–water partition coefficient (Wildman–Crippen LogP) is 1.75. The van der Waals surface area contributed by atoms with E-state index in [1.165, 1.54) is 6.07 Å². The summed E-state index contributed by atoms with van der Waals surface area (Å²) >= 11 is 0. The van der Waals surface area contributed by atoms with Gasteiger partial charge in [-0.25, -0.2) is 13.8 Å². The Morgan fingerprint density at radius 1 is 1.26 bits per heavy atom. The number of hydrogen-bond donors (Lipinski definition) is 1. The molecule has 3 rings (SSSR count). The van der Waals surface area contributed by atoms with Crippen LogP contribution in [0.25, 0.3) is 0 Å². The van der Waals surface area contributed by atoms with E-state index >= 15 is 0 Å². The molecule has 27 heavy (non-hydrogen) atoms. The zero-order chi connectivity index (χ0) is 19.2. The van der Waals surface area contributed by atoms with Gasteiger partial charge in [0.05, 0.1) is 6.54 Å². The number of hydrogen-bond acceptors (Lipinski definition) is 3. The van der Waals surface area contributed by atoms with Crippen LogP contribution < -0.4 is 5.32 Å². The minimum atomic E-state index is -0.479. The zero-order valence-electron chi connectivity index (χ0n) is 15.6. The summed E-state index contributed by atoms with van der Waals surface area (Å²) in [5.74, 6) is -0.239. The van der Waals surface area contributed by atoms with Crippen molar-refractivity contribution >= 4 is 11.9 Å². The van der Waals surface area contributed by atoms with Crippen molar-refractivity contribution in [1.29, 1.82) is 0 Å². The predicted molar refractivity (Wildman–Crippen MR) is 98.3 cm³/mol. The maximum atomic E-state index is 13.8. The molecular weight excluding hydrogens is 354 g/mol. The molecular formula is C19H26F2N4O2. The van der Waals surface area contributed by atoms with Crippen molar-refractivity contribution in [3.05, 3.63) is 35.4 Å². The van der Waals surface area contributed by atoms with Crippen molar-refractivity contribution in [2.24, 2.45) is 4.99 Å². The van der Waals surface area contributed by atoms with E-state index in [1.807, 2.05) is 16.7 Å². The Hall–Kier alpha value is -2.22. The molecule has 1 aromatic rings. The number of amides is 1. The van der Waals surface area contributed by atoms with E-state index in [1.54, 1.807) is 0 Å². The molecule has 1 N–H and O–H groups in total. The van der Waals surface area contributed by atoms with E-state index < -0.39 is 11.6 Å². The number of ether oxygens (including phenoxy) is 1. The molecule has 0 bridgehead atoms. The molecule has 2 fully saturated rings. The van der Waals surface area contributed by atoms with Crippen LogP contribution in [0.3, 0.4) is 0 Å². The Bertz CT molecular complexity index is 684. The second kappa shape index (κ2) is 9.12. The molecule has 2 saturated heterocycles. The molecule has 0 saturated carbocycles. The second-order valence-corrected chi connectivity index (χ2v) is 6.72. The van der Waals surface area contributed by atoms with Gasteiger partial charge in [-0.3, -0.25) is 4.79 Å². The molecule has 2 aliphatic heterocycles. The largest absolute Gasteiger partial charge is 0.368 e. The maximum Gasteiger partial charge on any atom is 0.251 e. The van der Waals surface area contributed by atoms with Crippen molar-refractivity contribution in [2.75, 3.05) is 39.3 Å². The fraction of sp³-hybridized carbons (Fsp3) is 0.579. The molecule has 6 nitrogen and oxygen atoms in total. The highest BCUT2D eigenvalue weighted by molar-refractivity contribution is 5.82. The summed E-state index contributed by atoms with van der Waals surface area (Å²) in [4.78, 5) is 20.8. The fourth-order valence-corrected chi connectivity index (χ4v) is 3.37. The Morgan fingerprint density at radius 3 is 2.67 bits per heavy atom. The Morgan fingerprint density at radius 2 is 2.00 bits per heavy atom. The molecule has 1 atom stereocenters. The molecule has 0 aromatic heterocycles. The maximum absolute atomic E-state index is 13.8. The Kier molecular flexibility index (Phi) is 6.60. The number of nitrogens with one attached hydrogen (secondary N) is 1. The zero-order valence-corrected chi connectivity index (χ0v) is 15.6. The van der Waals surface area contributed by atoms with Gasteiger partial charge in [0, 0.05) is 44.9 Å². The van der Waals surface area contributed by atoms with E-state index in [0.29, 0.717) is 45.3 Å². The van der Waals surface area contributed by atoms with E-state index in [-0.39, 0.29) is 24.1 Å². The van der Waals surface area contributed by atoms with Gasteiger partial charge in [-0.2, -0.15) is 0 Å². The summed E-state index contributed by atoms with van der Waals surface area (Å²) in [5, 5.41) is 3.19. The Balaban J connectivity index is 1.60. The number of aliphatic imine (C=N–C) groups is 1. The van der Waals surface area contributed by atoms with Gasteiger partial charge in [-0.05, 0) is 38.0 Å². The third-order valence-corrected chi connectivity index (χ3v) is 4.84. The van der Waals surface area contributed by atoms with Crippen LogP contribution in [0.2, 0.25) is 0 Å². The van der Waals surface area contributed by atoms with Crippen LogP contribution >= 0.6 is 0 Å². The first-order chi connectivity index (χ1) is 13.1. The first-order valence-corrected chi connectivity index (χ1v) is 9.46. The van der Waals surface area contributed by atoms with Crippen LogP contribution in [0.15, 0.2) is 23.2 Å². The van der Waals surface area contributed by atoms with Crippen LogP contribution in [-0.4, -0.2) is 67.1 Å². The van der Waals surface area contributed by atoms with Gasteiger partial charge < -0.3 is 19.9 Å². The lowest BCUT2D eigenvalue weighted by Gasteiger charge is -2.37. The average molecular weight is 380 g/mol. The minimum absolute atomic E-state index is 0.0565. The van der Waals surface area contributed by atoms with Crippen molar-refractivity contribution in [3.63, 3.8) is 0 Å². The SMILES string of the molecule is CCNC(=NCc1cc(F)ccc1F)N1CCN(C(=O)C2CCCO2)CC1. The van der Waals surface area contributed by atoms with Crippen LogP contribution in [0, 0.1) is 11.6 Å². The molecule has 148 valence electrons. The highest BCUT2D eigenvalue weighted by Crippen LogP contribution is 2.16. The summed E-state index contributed by atoms with van der Waals surface area (Å²) in [7, 11) is 0. The summed E-state index contributed by atoms with van der Waals surface area (Å²) < 4.78 is 32.6. The molecule has 0 radical (unpaired) electrons. The van der Waals surface area contributed by atoms with Gasteiger partial charge in [0.15, 0.2) is 5.96 Å². The van der Waals surface area contributed by atoms with Crippen LogP contribution in [0.1, 0.15) is 25.3 Å². The van der Waals surface area contributed by atoms with Gasteiger partial charge in [0.2, 0.25) is 0 Å². The Labute approximate surface area is 158 Å². The van der Waals surface area contributed by atoms with Crippen molar-refractivity contribution in [2.45, 2.75) is 32.4 Å². The van der Waals surface area contributed by atoms with E-state index in [0.717, 1.165) is 25.0 Å². The standard InChI is InChI=1S/C19H26F2N4O2/c1-2-22-19(23-13-14-12-15(20)5-6-16(14)21)25-9-7-24(8-10-25)18(26)17-4-3-11-27-17/h5-6,12,17H,2-4,7-11,13H2,1H3,(H,22,23). The lowest BCUT2D eigenvalue weighted by molar-refractivity contribution is -0.142. The molecule has 1 amide bonds. The number of nitrogens with zero attached hydrogens (tertiary/aromatic N) is 3. The van der Waals surface area contributed by atoms with Gasteiger partial charge in [0.1, 0.15) is 17.7 Å². The highest BCUT2D eigenvalue weighted by Gasteiger charge is 2.30. The van der Waals surface area contributed by atoms with Crippen LogP contribution in [0.4, 0.5) is 8.78 Å². The number of guanidine groups is 1. The molecule has 1 unspecified atom stereocenters. The smallest absolute Gasteiger partial charge is 0.251 e. The first kappa shape index (κ1) is 19.5. The third-order valence-electron chi connectivity index (χ3n) is 4.84.